The molecule has 7 heteroatoms. The Labute approximate surface area is 126 Å². The van der Waals surface area contributed by atoms with Crippen molar-refractivity contribution in [3.63, 3.8) is 0 Å². The first-order valence-corrected chi connectivity index (χ1v) is 6.73. The third-order valence-corrected chi connectivity index (χ3v) is 3.26. The van der Waals surface area contributed by atoms with Gasteiger partial charge in [-0.05, 0) is 5.56 Å². The van der Waals surface area contributed by atoms with Crippen LogP contribution in [0.15, 0.2) is 42.7 Å². The first kappa shape index (κ1) is 14.0. The minimum Gasteiger partial charge on any atom is -0.408 e. The Kier molecular flexibility index (Phi) is 3.46. The molecule has 1 aliphatic heterocycles. The number of hydrogen-bond acceptors (Lipinski definition) is 5. The number of amides is 1. The van der Waals surface area contributed by atoms with Crippen molar-refractivity contribution < 1.29 is 14.3 Å². The number of nitrogens with zero attached hydrogens (tertiary/aromatic N) is 4. The Balaban J connectivity index is 2.14. The van der Waals surface area contributed by atoms with Crippen molar-refractivity contribution in [2.45, 2.75) is 19.9 Å². The van der Waals surface area contributed by atoms with Crippen molar-refractivity contribution in [3.05, 3.63) is 48.3 Å². The van der Waals surface area contributed by atoms with Crippen LogP contribution in [0, 0.1) is 0 Å². The van der Waals surface area contributed by atoms with Crippen LogP contribution in [-0.4, -0.2) is 26.6 Å². The van der Waals surface area contributed by atoms with Crippen molar-refractivity contribution in [3.8, 4) is 0 Å². The molecule has 3 rings (SSSR count). The number of anilines is 1. The van der Waals surface area contributed by atoms with Crippen LogP contribution >= 0.6 is 0 Å². The summed E-state index contributed by atoms with van der Waals surface area (Å²) in [5, 5.41) is 4.02. The maximum Gasteiger partial charge on any atom is 0.309 e. The lowest BCUT2D eigenvalue weighted by atomic mass is 10.0. The summed E-state index contributed by atoms with van der Waals surface area (Å²) < 4.78 is 6.54. The lowest BCUT2D eigenvalue weighted by Crippen LogP contribution is -2.37. The van der Waals surface area contributed by atoms with Crippen molar-refractivity contribution in [1.82, 2.24) is 14.8 Å². The third kappa shape index (κ3) is 2.37. The smallest absolute Gasteiger partial charge is 0.309 e. The van der Waals surface area contributed by atoms with E-state index in [-0.39, 0.29) is 11.8 Å². The van der Waals surface area contributed by atoms with Gasteiger partial charge >= 0.3 is 5.97 Å². The number of fused-ring (bicyclic) bond motifs is 1. The summed E-state index contributed by atoms with van der Waals surface area (Å²) in [4.78, 5) is 29.0. The SMILES string of the molecule is CC(=O)OC1=CC(c2ccccc2)N(C(C)=O)c2ncnn21. The minimum atomic E-state index is -0.462. The molecule has 7 nitrogen and oxygen atoms in total. The predicted octanol–water partition coefficient (Wildman–Crippen LogP) is 1.75. The Morgan fingerprint density at radius 2 is 1.91 bits per heavy atom. The zero-order valence-electron chi connectivity index (χ0n) is 12.1. The number of aromatic nitrogens is 3. The highest BCUT2D eigenvalue weighted by Crippen LogP contribution is 2.34. The van der Waals surface area contributed by atoms with Crippen LogP contribution in [0.25, 0.3) is 5.88 Å². The van der Waals surface area contributed by atoms with Gasteiger partial charge in [-0.15, -0.1) is 0 Å². The molecule has 0 radical (unpaired) electrons. The first-order chi connectivity index (χ1) is 10.6. The van der Waals surface area contributed by atoms with E-state index in [4.69, 9.17) is 4.74 Å². The van der Waals surface area contributed by atoms with E-state index in [0.29, 0.717) is 5.95 Å². The predicted molar refractivity (Wildman–Crippen MR) is 78.4 cm³/mol. The fourth-order valence-corrected chi connectivity index (χ4v) is 2.42. The van der Waals surface area contributed by atoms with Gasteiger partial charge < -0.3 is 4.74 Å². The Bertz CT molecular complexity index is 751. The van der Waals surface area contributed by atoms with Gasteiger partial charge in [-0.1, -0.05) is 30.3 Å². The van der Waals surface area contributed by atoms with E-state index in [2.05, 4.69) is 10.1 Å². The van der Waals surface area contributed by atoms with E-state index in [1.807, 2.05) is 30.3 Å². The molecule has 0 fully saturated rings. The van der Waals surface area contributed by atoms with E-state index < -0.39 is 12.0 Å². The molecule has 1 atom stereocenters. The quantitative estimate of drug-likeness (QED) is 0.789. The summed E-state index contributed by atoms with van der Waals surface area (Å²) in [5.41, 5.74) is 0.886. The van der Waals surface area contributed by atoms with Gasteiger partial charge in [-0.25, -0.2) is 0 Å². The number of benzene rings is 1. The number of carbonyl (C=O) groups excluding carboxylic acids is 2. The summed E-state index contributed by atoms with van der Waals surface area (Å²) in [7, 11) is 0. The van der Waals surface area contributed by atoms with Gasteiger partial charge in [0.2, 0.25) is 17.7 Å². The van der Waals surface area contributed by atoms with E-state index in [1.165, 1.54) is 29.8 Å². The monoisotopic (exact) mass is 298 g/mol. The van der Waals surface area contributed by atoms with Gasteiger partial charge in [-0.3, -0.25) is 14.5 Å². The molecule has 0 N–H and O–H groups in total. The average molecular weight is 298 g/mol. The van der Waals surface area contributed by atoms with Gasteiger partial charge in [0.15, 0.2) is 0 Å². The molecule has 0 spiro atoms. The van der Waals surface area contributed by atoms with Crippen LogP contribution in [0.3, 0.4) is 0 Å². The molecule has 112 valence electrons. The molecule has 22 heavy (non-hydrogen) atoms. The van der Waals surface area contributed by atoms with Crippen LogP contribution in [0.5, 0.6) is 0 Å². The molecule has 0 bridgehead atoms. The summed E-state index contributed by atoms with van der Waals surface area (Å²) in [6.07, 6.45) is 3.00. The van der Waals surface area contributed by atoms with Gasteiger partial charge in [-0.2, -0.15) is 14.8 Å². The number of ether oxygens (including phenoxy) is 1. The van der Waals surface area contributed by atoms with Crippen LogP contribution < -0.4 is 4.90 Å². The number of hydrogen-bond donors (Lipinski definition) is 0. The highest BCUT2D eigenvalue weighted by atomic mass is 16.5. The standard InChI is InChI=1S/C15H14N4O3/c1-10(20)18-13(12-6-4-3-5-7-12)8-14(22-11(2)21)19-15(18)16-9-17-19/h3-9,13H,1-2H3. The second-order valence-electron chi connectivity index (χ2n) is 4.81. The molecule has 0 saturated carbocycles. The highest BCUT2D eigenvalue weighted by molar-refractivity contribution is 5.92. The molecule has 1 amide bonds. The van der Waals surface area contributed by atoms with E-state index in [9.17, 15) is 9.59 Å². The third-order valence-electron chi connectivity index (χ3n) is 3.26. The molecule has 1 unspecified atom stereocenters. The summed E-state index contributed by atoms with van der Waals surface area (Å²) in [6, 6.07) is 9.04. The Hall–Kier alpha value is -2.96. The first-order valence-electron chi connectivity index (χ1n) is 6.73. The van der Waals surface area contributed by atoms with Crippen molar-refractivity contribution in [1.29, 1.82) is 0 Å². The highest BCUT2D eigenvalue weighted by Gasteiger charge is 2.33. The molecular formula is C15H14N4O3. The zero-order chi connectivity index (χ0) is 15.7. The van der Waals surface area contributed by atoms with Crippen LogP contribution in [-0.2, 0) is 14.3 Å². The fourth-order valence-electron chi connectivity index (χ4n) is 2.42. The van der Waals surface area contributed by atoms with Crippen molar-refractivity contribution >= 4 is 23.7 Å². The van der Waals surface area contributed by atoms with E-state index in [1.54, 1.807) is 6.08 Å². The molecule has 0 saturated heterocycles. The summed E-state index contributed by atoms with van der Waals surface area (Å²) in [5.74, 6) is -0.0801. The maximum atomic E-state index is 12.1. The molecule has 1 aromatic heterocycles. The van der Waals surface area contributed by atoms with E-state index >= 15 is 0 Å². The van der Waals surface area contributed by atoms with Gasteiger partial charge in [0.25, 0.3) is 0 Å². The number of rotatable bonds is 2. The van der Waals surface area contributed by atoms with E-state index in [0.717, 1.165) is 5.56 Å². The second-order valence-corrected chi connectivity index (χ2v) is 4.81. The van der Waals surface area contributed by atoms with Crippen LogP contribution in [0.2, 0.25) is 0 Å². The largest absolute Gasteiger partial charge is 0.408 e. The average Bonchev–Trinajstić information content (AvgIpc) is 2.96. The Morgan fingerprint density at radius 3 is 2.55 bits per heavy atom. The lowest BCUT2D eigenvalue weighted by molar-refractivity contribution is -0.134. The van der Waals surface area contributed by atoms with Gasteiger partial charge in [0, 0.05) is 19.9 Å². The van der Waals surface area contributed by atoms with Crippen molar-refractivity contribution in [2.24, 2.45) is 0 Å². The molecule has 1 aliphatic rings. The van der Waals surface area contributed by atoms with Gasteiger partial charge in [0.1, 0.15) is 6.33 Å². The maximum absolute atomic E-state index is 12.1. The number of esters is 1. The van der Waals surface area contributed by atoms with Gasteiger partial charge in [0.05, 0.1) is 6.04 Å². The van der Waals surface area contributed by atoms with Crippen LogP contribution in [0.1, 0.15) is 25.5 Å². The topological polar surface area (TPSA) is 77.3 Å². The molecule has 1 aromatic carbocycles. The number of carbonyl (C=O) groups is 2. The fraction of sp³-hybridized carbons (Fsp3) is 0.200. The second kappa shape index (κ2) is 5.44. The molecule has 2 heterocycles. The Morgan fingerprint density at radius 1 is 1.18 bits per heavy atom. The molecule has 0 aliphatic carbocycles. The van der Waals surface area contributed by atoms with Crippen LogP contribution in [0.4, 0.5) is 5.95 Å². The van der Waals surface area contributed by atoms with Crippen molar-refractivity contribution in [2.75, 3.05) is 4.90 Å². The normalized spacial score (nSPS) is 16.7. The lowest BCUT2D eigenvalue weighted by Gasteiger charge is -2.32. The molecule has 2 aromatic rings. The summed E-state index contributed by atoms with van der Waals surface area (Å²) in [6.45, 7) is 2.77. The molecular weight excluding hydrogens is 284 g/mol. The zero-order valence-corrected chi connectivity index (χ0v) is 12.1. The summed E-state index contributed by atoms with van der Waals surface area (Å²) >= 11 is 0. The minimum absolute atomic E-state index is 0.179.